The average Bonchev–Trinajstić information content (AvgIpc) is 2.79. The molecule has 3 aliphatic heterocycles. The Hall–Kier alpha value is -1.34. The predicted octanol–water partition coefficient (Wildman–Crippen LogP) is 3.78. The maximum Gasteiger partial charge on any atom is 0.226 e. The molecule has 0 bridgehead atoms. The summed E-state index contributed by atoms with van der Waals surface area (Å²) in [4.78, 5) is 31.7. The lowest BCUT2D eigenvalue weighted by Crippen LogP contribution is -2.55. The molecule has 0 aliphatic carbocycles. The predicted molar refractivity (Wildman–Crippen MR) is 131 cm³/mol. The first-order valence-electron chi connectivity index (χ1n) is 12.3. The fourth-order valence-electron chi connectivity index (χ4n) is 5.34. The van der Waals surface area contributed by atoms with Crippen LogP contribution in [0.1, 0.15) is 56.9 Å². The molecule has 0 aromatic heterocycles. The van der Waals surface area contributed by atoms with Gasteiger partial charge >= 0.3 is 0 Å². The zero-order valence-corrected chi connectivity index (χ0v) is 20.9. The lowest BCUT2D eigenvalue weighted by Gasteiger charge is -2.43. The van der Waals surface area contributed by atoms with Gasteiger partial charge in [0.25, 0.3) is 0 Å². The van der Waals surface area contributed by atoms with Crippen LogP contribution in [-0.4, -0.2) is 83.0 Å². The number of likely N-dealkylation sites (tertiary alicyclic amines) is 3. The van der Waals surface area contributed by atoms with E-state index in [0.717, 1.165) is 58.3 Å². The summed E-state index contributed by atoms with van der Waals surface area (Å²) in [7, 11) is 0. The molecule has 2 unspecified atom stereocenters. The molecule has 2 atom stereocenters. The van der Waals surface area contributed by atoms with Gasteiger partial charge in [-0.15, -0.1) is 0 Å². The highest BCUT2D eigenvalue weighted by molar-refractivity contribution is 6.42. The van der Waals surface area contributed by atoms with Gasteiger partial charge in [0.2, 0.25) is 11.8 Å². The van der Waals surface area contributed by atoms with Crippen LogP contribution in [0, 0.1) is 5.92 Å². The smallest absolute Gasteiger partial charge is 0.226 e. The van der Waals surface area contributed by atoms with Gasteiger partial charge in [0.1, 0.15) is 0 Å². The van der Waals surface area contributed by atoms with Gasteiger partial charge in [-0.2, -0.15) is 0 Å². The number of rotatable bonds is 7. The Morgan fingerprint density at radius 2 is 1.85 bits per heavy atom. The molecule has 2 amide bonds. The summed E-state index contributed by atoms with van der Waals surface area (Å²) in [6.07, 6.45) is 4.69. The Balaban J connectivity index is 1.22. The fourth-order valence-corrected chi connectivity index (χ4v) is 5.65. The number of hydrogen-bond acceptors (Lipinski definition) is 4. The molecule has 4 rings (SSSR count). The number of hydrogen-bond donors (Lipinski definition) is 1. The molecular formula is C25H35Cl2N3O3. The molecule has 0 radical (unpaired) electrons. The van der Waals surface area contributed by atoms with Crippen LogP contribution in [0.5, 0.6) is 0 Å². The van der Waals surface area contributed by atoms with Crippen LogP contribution >= 0.6 is 23.2 Å². The molecule has 8 heteroatoms. The third kappa shape index (κ3) is 6.02. The second-order valence-corrected chi connectivity index (χ2v) is 10.8. The van der Waals surface area contributed by atoms with Crippen LogP contribution in [0.3, 0.4) is 0 Å². The highest BCUT2D eigenvalue weighted by Gasteiger charge is 2.37. The van der Waals surface area contributed by atoms with Crippen LogP contribution in [0.25, 0.3) is 0 Å². The Bertz CT molecular complexity index is 853. The minimum atomic E-state index is -0.398. The molecular weight excluding hydrogens is 461 g/mol. The number of carbonyl (C=O) groups excluding carboxylic acids is 2. The van der Waals surface area contributed by atoms with E-state index in [9.17, 15) is 14.7 Å². The van der Waals surface area contributed by atoms with Crippen molar-refractivity contribution in [3.05, 3.63) is 33.8 Å². The highest BCUT2D eigenvalue weighted by Crippen LogP contribution is 2.30. The molecule has 3 aliphatic rings. The van der Waals surface area contributed by atoms with Gasteiger partial charge in [-0.05, 0) is 62.3 Å². The van der Waals surface area contributed by atoms with Crippen molar-refractivity contribution in [1.82, 2.24) is 14.7 Å². The lowest BCUT2D eigenvalue weighted by molar-refractivity contribution is -0.150. The van der Waals surface area contributed by atoms with Crippen molar-refractivity contribution in [1.29, 1.82) is 0 Å². The molecule has 0 spiro atoms. The van der Waals surface area contributed by atoms with Crippen molar-refractivity contribution in [3.8, 4) is 0 Å². The van der Waals surface area contributed by atoms with Crippen LogP contribution in [0.4, 0.5) is 0 Å². The van der Waals surface area contributed by atoms with Gasteiger partial charge in [0, 0.05) is 51.1 Å². The monoisotopic (exact) mass is 495 g/mol. The molecule has 1 aromatic carbocycles. The zero-order valence-electron chi connectivity index (χ0n) is 19.4. The molecule has 182 valence electrons. The van der Waals surface area contributed by atoms with Gasteiger partial charge < -0.3 is 19.8 Å². The zero-order chi connectivity index (χ0) is 23.5. The van der Waals surface area contributed by atoms with E-state index in [4.69, 9.17) is 23.2 Å². The standard InChI is InChI=1S/C25H35Cl2N3O3/c1-17(18-4-5-22(26)23(27)13-18)6-10-28-11-7-20(8-12-28)30-9-2-3-19(25(30)33)14-24(32)29-15-21(31)16-29/h4-5,13,17,19-21,31H,2-3,6-12,14-16H2,1H3. The van der Waals surface area contributed by atoms with Crippen LogP contribution < -0.4 is 0 Å². The van der Waals surface area contributed by atoms with E-state index < -0.39 is 6.10 Å². The number of amides is 2. The summed E-state index contributed by atoms with van der Waals surface area (Å²) in [5.41, 5.74) is 1.21. The quantitative estimate of drug-likeness (QED) is 0.624. The first-order valence-corrected chi connectivity index (χ1v) is 13.0. The molecule has 33 heavy (non-hydrogen) atoms. The molecule has 3 fully saturated rings. The molecule has 0 saturated carbocycles. The number of carbonyl (C=O) groups is 2. The second-order valence-electron chi connectivity index (χ2n) is 9.96. The molecule has 3 heterocycles. The van der Waals surface area contributed by atoms with Gasteiger partial charge in [0.15, 0.2) is 0 Å². The maximum absolute atomic E-state index is 13.1. The van der Waals surface area contributed by atoms with Crippen LogP contribution in [-0.2, 0) is 9.59 Å². The number of halogens is 2. The summed E-state index contributed by atoms with van der Waals surface area (Å²) in [6, 6.07) is 6.17. The van der Waals surface area contributed by atoms with Gasteiger partial charge in [-0.25, -0.2) is 0 Å². The number of piperidine rings is 2. The first kappa shape index (κ1) is 24.8. The SMILES string of the molecule is CC(CCN1CCC(N2CCCC(CC(=O)N3CC(O)C3)C2=O)CC1)c1ccc(Cl)c(Cl)c1. The van der Waals surface area contributed by atoms with Crippen LogP contribution in [0.15, 0.2) is 18.2 Å². The Labute approximate surface area is 206 Å². The van der Waals surface area contributed by atoms with Crippen molar-refractivity contribution in [2.75, 3.05) is 39.3 Å². The fraction of sp³-hybridized carbons (Fsp3) is 0.680. The largest absolute Gasteiger partial charge is 0.389 e. The van der Waals surface area contributed by atoms with Gasteiger partial charge in [0.05, 0.1) is 16.1 Å². The number of aliphatic hydroxyl groups is 1. The number of aliphatic hydroxyl groups excluding tert-OH is 1. The van der Waals surface area contributed by atoms with E-state index in [2.05, 4.69) is 22.8 Å². The van der Waals surface area contributed by atoms with Crippen molar-refractivity contribution in [2.24, 2.45) is 5.92 Å². The minimum Gasteiger partial charge on any atom is -0.389 e. The number of benzene rings is 1. The topological polar surface area (TPSA) is 64.1 Å². The molecule has 3 saturated heterocycles. The highest BCUT2D eigenvalue weighted by atomic mass is 35.5. The third-order valence-corrected chi connectivity index (χ3v) is 8.35. The normalized spacial score (nSPS) is 24.1. The molecule has 6 nitrogen and oxygen atoms in total. The number of nitrogens with zero attached hydrogens (tertiary/aromatic N) is 3. The minimum absolute atomic E-state index is 0.00594. The summed E-state index contributed by atoms with van der Waals surface area (Å²) in [6.45, 7) is 6.87. The second kappa shape index (κ2) is 10.9. The average molecular weight is 496 g/mol. The van der Waals surface area contributed by atoms with Crippen LogP contribution in [0.2, 0.25) is 10.0 Å². The third-order valence-electron chi connectivity index (χ3n) is 7.61. The maximum atomic E-state index is 13.1. The van der Waals surface area contributed by atoms with E-state index in [-0.39, 0.29) is 30.2 Å². The van der Waals surface area contributed by atoms with Gasteiger partial charge in [-0.3, -0.25) is 9.59 Å². The van der Waals surface area contributed by atoms with E-state index in [1.54, 1.807) is 4.90 Å². The van der Waals surface area contributed by atoms with E-state index >= 15 is 0 Å². The van der Waals surface area contributed by atoms with Crippen molar-refractivity contribution < 1.29 is 14.7 Å². The Morgan fingerprint density at radius 1 is 1.12 bits per heavy atom. The van der Waals surface area contributed by atoms with Crippen molar-refractivity contribution >= 4 is 35.0 Å². The number of β-amino-alcohol motifs (C(OH)–C–C–N with tert-alkyl or cyclic N) is 1. The van der Waals surface area contributed by atoms with E-state index in [1.165, 1.54) is 5.56 Å². The molecule has 1 aromatic rings. The first-order chi connectivity index (χ1) is 15.8. The Kier molecular flexibility index (Phi) is 8.21. The lowest BCUT2D eigenvalue weighted by atomic mass is 9.90. The summed E-state index contributed by atoms with van der Waals surface area (Å²) < 4.78 is 0. The van der Waals surface area contributed by atoms with Crippen molar-refractivity contribution in [3.63, 3.8) is 0 Å². The Morgan fingerprint density at radius 3 is 2.52 bits per heavy atom. The summed E-state index contributed by atoms with van der Waals surface area (Å²) in [5.74, 6) is 0.370. The molecule has 1 N–H and O–H groups in total. The van der Waals surface area contributed by atoms with Gasteiger partial charge in [-0.1, -0.05) is 36.2 Å². The summed E-state index contributed by atoms with van der Waals surface area (Å²) >= 11 is 12.2. The van der Waals surface area contributed by atoms with E-state index in [1.807, 2.05) is 12.1 Å². The van der Waals surface area contributed by atoms with Crippen molar-refractivity contribution in [2.45, 2.75) is 63.5 Å². The van der Waals surface area contributed by atoms with E-state index in [0.29, 0.717) is 29.1 Å². The summed E-state index contributed by atoms with van der Waals surface area (Å²) in [5, 5.41) is 10.6.